The van der Waals surface area contributed by atoms with E-state index in [1.807, 2.05) is 13.8 Å². The summed E-state index contributed by atoms with van der Waals surface area (Å²) in [7, 11) is 0. The van der Waals surface area contributed by atoms with E-state index in [0.717, 1.165) is 12.2 Å². The fourth-order valence-electron chi connectivity index (χ4n) is 0.498. The van der Waals surface area contributed by atoms with Crippen LogP contribution in [-0.2, 0) is 14.3 Å². The summed E-state index contributed by atoms with van der Waals surface area (Å²) in [6, 6.07) is 0. The molecule has 1 N–H and O–H groups in total. The zero-order valence-electron chi connectivity index (χ0n) is 7.98. The fraction of sp³-hybridized carbons (Fsp3) is 0.556. The van der Waals surface area contributed by atoms with Crippen molar-refractivity contribution in [2.24, 2.45) is 5.92 Å². The number of carbonyl (C=O) groups is 2. The molecule has 4 heteroatoms. The molecule has 1 unspecified atom stereocenters. The zero-order chi connectivity index (χ0) is 10.4. The smallest absolute Gasteiger partial charge is 0.331 e. The second-order valence-corrected chi connectivity index (χ2v) is 3.06. The second-order valence-electron chi connectivity index (χ2n) is 3.06. The molecule has 13 heavy (non-hydrogen) atoms. The zero-order valence-corrected chi connectivity index (χ0v) is 7.98. The van der Waals surface area contributed by atoms with Gasteiger partial charge in [0.15, 0.2) is 0 Å². The Morgan fingerprint density at radius 1 is 1.23 bits per heavy atom. The lowest BCUT2D eigenvalue weighted by atomic mass is 10.1. The van der Waals surface area contributed by atoms with E-state index in [9.17, 15) is 9.59 Å². The van der Waals surface area contributed by atoms with Gasteiger partial charge in [0.2, 0.25) is 0 Å². The summed E-state index contributed by atoms with van der Waals surface area (Å²) in [4.78, 5) is 20.9. The normalized spacial score (nSPS) is 13.2. The number of rotatable bonds is 4. The van der Waals surface area contributed by atoms with Crippen molar-refractivity contribution < 1.29 is 19.4 Å². The molecule has 0 amide bonds. The standard InChI is InChI=1S/C9H14O4/c1-6(2)7(3)13-9(12)5-4-8(10)11/h4-7H,1-3H3,(H,10,11)/b5-4-. The molecule has 0 bridgehead atoms. The van der Waals surface area contributed by atoms with Crippen LogP contribution in [0.4, 0.5) is 0 Å². The van der Waals surface area contributed by atoms with Crippen LogP contribution in [0.25, 0.3) is 0 Å². The van der Waals surface area contributed by atoms with Crippen LogP contribution in [0.1, 0.15) is 20.8 Å². The lowest BCUT2D eigenvalue weighted by molar-refractivity contribution is -0.144. The Morgan fingerprint density at radius 3 is 2.15 bits per heavy atom. The molecule has 0 spiro atoms. The highest BCUT2D eigenvalue weighted by Gasteiger charge is 2.10. The Labute approximate surface area is 77.2 Å². The van der Waals surface area contributed by atoms with Gasteiger partial charge in [0, 0.05) is 12.2 Å². The third-order valence-electron chi connectivity index (χ3n) is 1.60. The molecule has 0 aromatic heterocycles. The van der Waals surface area contributed by atoms with Gasteiger partial charge in [-0.3, -0.25) is 0 Å². The first-order valence-electron chi connectivity index (χ1n) is 4.05. The van der Waals surface area contributed by atoms with E-state index in [0.29, 0.717) is 0 Å². The number of aliphatic carboxylic acids is 1. The molecule has 0 heterocycles. The lowest BCUT2D eigenvalue weighted by Gasteiger charge is -2.14. The van der Waals surface area contributed by atoms with E-state index in [2.05, 4.69) is 0 Å². The minimum atomic E-state index is -1.16. The molecule has 0 saturated carbocycles. The maximum Gasteiger partial charge on any atom is 0.331 e. The van der Waals surface area contributed by atoms with Crippen LogP contribution in [-0.4, -0.2) is 23.1 Å². The Hall–Kier alpha value is -1.32. The summed E-state index contributed by atoms with van der Waals surface area (Å²) in [6.07, 6.45) is 1.46. The number of carboxylic acids is 1. The number of carbonyl (C=O) groups excluding carboxylic acids is 1. The molecular weight excluding hydrogens is 172 g/mol. The molecule has 74 valence electrons. The molecule has 4 nitrogen and oxygen atoms in total. The Balaban J connectivity index is 3.95. The SMILES string of the molecule is CC(C)C(C)OC(=O)/C=C\C(=O)O. The topological polar surface area (TPSA) is 63.6 Å². The number of hydrogen-bond acceptors (Lipinski definition) is 3. The first kappa shape index (κ1) is 11.7. The van der Waals surface area contributed by atoms with E-state index < -0.39 is 11.9 Å². The van der Waals surface area contributed by atoms with Crippen molar-refractivity contribution in [1.82, 2.24) is 0 Å². The molecule has 0 rings (SSSR count). The van der Waals surface area contributed by atoms with Gasteiger partial charge in [0.25, 0.3) is 0 Å². The van der Waals surface area contributed by atoms with Crippen molar-refractivity contribution >= 4 is 11.9 Å². The summed E-state index contributed by atoms with van der Waals surface area (Å²) in [6.45, 7) is 5.59. The van der Waals surface area contributed by atoms with Gasteiger partial charge in [0.1, 0.15) is 6.10 Å². The van der Waals surface area contributed by atoms with Crippen LogP contribution in [0.2, 0.25) is 0 Å². The quantitative estimate of drug-likeness (QED) is 0.529. The van der Waals surface area contributed by atoms with E-state index in [1.165, 1.54) is 0 Å². The van der Waals surface area contributed by atoms with Gasteiger partial charge in [-0.1, -0.05) is 13.8 Å². The van der Waals surface area contributed by atoms with E-state index >= 15 is 0 Å². The first-order valence-corrected chi connectivity index (χ1v) is 4.05. The average Bonchev–Trinajstić information content (AvgIpc) is 2.00. The highest BCUT2D eigenvalue weighted by molar-refractivity contribution is 5.90. The summed E-state index contributed by atoms with van der Waals surface area (Å²) in [5.74, 6) is -1.56. The number of hydrogen-bond donors (Lipinski definition) is 1. The van der Waals surface area contributed by atoms with Crippen LogP contribution >= 0.6 is 0 Å². The molecular formula is C9H14O4. The van der Waals surface area contributed by atoms with E-state index in [4.69, 9.17) is 9.84 Å². The summed E-state index contributed by atoms with van der Waals surface area (Å²) in [5.41, 5.74) is 0. The minimum Gasteiger partial charge on any atom is -0.478 e. The van der Waals surface area contributed by atoms with E-state index in [-0.39, 0.29) is 12.0 Å². The molecule has 0 fully saturated rings. The second kappa shape index (κ2) is 5.35. The molecule has 0 aromatic rings. The Bertz CT molecular complexity index is 218. The van der Waals surface area contributed by atoms with Crippen molar-refractivity contribution in [2.75, 3.05) is 0 Å². The molecule has 0 aliphatic rings. The predicted octanol–water partition coefficient (Wildman–Crippen LogP) is 1.21. The van der Waals surface area contributed by atoms with Gasteiger partial charge in [-0.05, 0) is 12.8 Å². The van der Waals surface area contributed by atoms with Gasteiger partial charge in [-0.2, -0.15) is 0 Å². The summed E-state index contributed by atoms with van der Waals surface area (Å²) >= 11 is 0. The van der Waals surface area contributed by atoms with E-state index in [1.54, 1.807) is 6.92 Å². The average molecular weight is 186 g/mol. The van der Waals surface area contributed by atoms with Crippen LogP contribution in [0.15, 0.2) is 12.2 Å². The number of carboxylic acid groups (broad SMARTS) is 1. The maximum atomic E-state index is 10.9. The van der Waals surface area contributed by atoms with Crippen molar-refractivity contribution in [2.45, 2.75) is 26.9 Å². The van der Waals surface area contributed by atoms with Gasteiger partial charge in [-0.25, -0.2) is 9.59 Å². The fourth-order valence-corrected chi connectivity index (χ4v) is 0.498. The summed E-state index contributed by atoms with van der Waals surface area (Å²) in [5, 5.41) is 8.21. The van der Waals surface area contributed by atoms with Crippen LogP contribution in [0, 0.1) is 5.92 Å². The third-order valence-corrected chi connectivity index (χ3v) is 1.60. The molecule has 0 saturated heterocycles. The van der Waals surface area contributed by atoms with Gasteiger partial charge < -0.3 is 9.84 Å². The third kappa shape index (κ3) is 5.90. The lowest BCUT2D eigenvalue weighted by Crippen LogP contribution is -2.18. The summed E-state index contributed by atoms with van der Waals surface area (Å²) < 4.78 is 4.87. The van der Waals surface area contributed by atoms with Crippen molar-refractivity contribution in [3.05, 3.63) is 12.2 Å². The van der Waals surface area contributed by atoms with Crippen molar-refractivity contribution in [1.29, 1.82) is 0 Å². The number of esters is 1. The Morgan fingerprint density at radius 2 is 1.77 bits per heavy atom. The van der Waals surface area contributed by atoms with Crippen LogP contribution < -0.4 is 0 Å². The van der Waals surface area contributed by atoms with Crippen molar-refractivity contribution in [3.8, 4) is 0 Å². The van der Waals surface area contributed by atoms with Gasteiger partial charge >= 0.3 is 11.9 Å². The Kier molecular flexibility index (Phi) is 4.80. The predicted molar refractivity (Wildman–Crippen MR) is 47.2 cm³/mol. The first-order chi connectivity index (χ1) is 5.93. The van der Waals surface area contributed by atoms with Gasteiger partial charge in [0.05, 0.1) is 0 Å². The number of ether oxygens (including phenoxy) is 1. The van der Waals surface area contributed by atoms with Crippen molar-refractivity contribution in [3.63, 3.8) is 0 Å². The van der Waals surface area contributed by atoms with Crippen LogP contribution in [0.3, 0.4) is 0 Å². The largest absolute Gasteiger partial charge is 0.478 e. The molecule has 1 atom stereocenters. The monoisotopic (exact) mass is 186 g/mol. The molecule has 0 radical (unpaired) electrons. The van der Waals surface area contributed by atoms with Gasteiger partial charge in [-0.15, -0.1) is 0 Å². The highest BCUT2D eigenvalue weighted by Crippen LogP contribution is 2.05. The molecule has 0 aromatic carbocycles. The molecule has 0 aliphatic heterocycles. The van der Waals surface area contributed by atoms with Crippen LogP contribution in [0.5, 0.6) is 0 Å². The minimum absolute atomic E-state index is 0.203. The highest BCUT2D eigenvalue weighted by atomic mass is 16.5. The maximum absolute atomic E-state index is 10.9. The molecule has 0 aliphatic carbocycles.